The monoisotopic (exact) mass is 581 g/mol. The molecule has 39 heavy (non-hydrogen) atoms. The summed E-state index contributed by atoms with van der Waals surface area (Å²) >= 11 is 2.22. The summed E-state index contributed by atoms with van der Waals surface area (Å²) < 4.78 is 15.4. The second-order valence-electron chi connectivity index (χ2n) is 9.19. The molecule has 2 atom stereocenters. The summed E-state index contributed by atoms with van der Waals surface area (Å²) in [6, 6.07) is -1.10. The number of nitrogens with one attached hydrogen (secondary N) is 1. The van der Waals surface area contributed by atoms with Gasteiger partial charge >= 0.3 is 17.9 Å². The lowest BCUT2D eigenvalue weighted by Gasteiger charge is -2.49. The molecule has 1 aromatic heterocycles. The molecule has 2 aliphatic rings. The Labute approximate surface area is 231 Å². The molecule has 0 aliphatic carbocycles. The third-order valence-electron chi connectivity index (χ3n) is 5.33. The van der Waals surface area contributed by atoms with Gasteiger partial charge in [-0.25, -0.2) is 9.78 Å². The second-order valence-corrected chi connectivity index (χ2v) is 11.2. The number of carbonyl (C=O) groups is 5. The zero-order chi connectivity index (χ0) is 29.1. The highest BCUT2D eigenvalue weighted by Crippen LogP contribution is 2.42. The fourth-order valence-corrected chi connectivity index (χ4v) is 5.39. The third kappa shape index (κ3) is 6.39. The number of nitrogens with zero attached hydrogens (tertiary/aromatic N) is 3. The van der Waals surface area contributed by atoms with E-state index in [2.05, 4.69) is 15.5 Å². The number of thioether (sulfide) groups is 1. The topological polar surface area (TPSA) is 200 Å². The zero-order valence-corrected chi connectivity index (χ0v) is 23.3. The van der Waals surface area contributed by atoms with E-state index in [0.717, 1.165) is 16.2 Å². The molecule has 210 valence electrons. The van der Waals surface area contributed by atoms with E-state index in [1.54, 1.807) is 27.7 Å². The van der Waals surface area contributed by atoms with Gasteiger partial charge in [-0.2, -0.15) is 0 Å². The summed E-state index contributed by atoms with van der Waals surface area (Å²) in [6.45, 7) is 6.93. The van der Waals surface area contributed by atoms with Crippen LogP contribution in [-0.2, 0) is 38.2 Å². The van der Waals surface area contributed by atoms with Crippen LogP contribution in [0, 0.1) is 5.41 Å². The van der Waals surface area contributed by atoms with Gasteiger partial charge in [0.1, 0.15) is 28.6 Å². The quantitative estimate of drug-likeness (QED) is 0.0752. The highest BCUT2D eigenvalue weighted by atomic mass is 32.2. The van der Waals surface area contributed by atoms with Crippen molar-refractivity contribution in [1.29, 1.82) is 0 Å². The highest BCUT2D eigenvalue weighted by Gasteiger charge is 2.55. The summed E-state index contributed by atoms with van der Waals surface area (Å²) in [6.07, 6.45) is 1.46. The Hall–Kier alpha value is -3.92. The first-order chi connectivity index (χ1) is 18.3. The number of anilines is 1. The molecule has 1 saturated heterocycles. The van der Waals surface area contributed by atoms with Gasteiger partial charge in [0.25, 0.3) is 11.8 Å². The number of nitrogens with two attached hydrogens (primary N) is 1. The molecule has 0 unspecified atom stereocenters. The van der Waals surface area contributed by atoms with Crippen LogP contribution in [0.4, 0.5) is 5.13 Å². The van der Waals surface area contributed by atoms with Gasteiger partial charge < -0.3 is 30.5 Å². The predicted octanol–water partition coefficient (Wildman–Crippen LogP) is 1.11. The molecular formula is C23H27N5O9S2. The lowest BCUT2D eigenvalue weighted by Crippen LogP contribution is -2.71. The van der Waals surface area contributed by atoms with Crippen LogP contribution in [0.3, 0.4) is 0 Å². The van der Waals surface area contributed by atoms with E-state index in [1.165, 1.54) is 30.1 Å². The Kier molecular flexibility index (Phi) is 9.01. The second kappa shape index (κ2) is 11.9. The smallest absolute Gasteiger partial charge is 0.358 e. The van der Waals surface area contributed by atoms with Gasteiger partial charge in [0.15, 0.2) is 10.8 Å². The van der Waals surface area contributed by atoms with Gasteiger partial charge in [0, 0.05) is 23.6 Å². The van der Waals surface area contributed by atoms with Crippen LogP contribution in [0.1, 0.15) is 40.3 Å². The Morgan fingerprint density at radius 1 is 1.31 bits per heavy atom. The van der Waals surface area contributed by atoms with Crippen LogP contribution in [0.2, 0.25) is 0 Å². The van der Waals surface area contributed by atoms with Crippen molar-refractivity contribution in [3.8, 4) is 0 Å². The molecule has 1 fully saturated rings. The Balaban J connectivity index is 1.84. The number of hydrogen-bond donors (Lipinski definition) is 3. The minimum atomic E-state index is -1.10. The zero-order valence-electron chi connectivity index (χ0n) is 21.7. The molecule has 3 heterocycles. The number of ether oxygens (including phenoxy) is 3. The van der Waals surface area contributed by atoms with Gasteiger partial charge in [0.05, 0.1) is 5.41 Å². The van der Waals surface area contributed by atoms with Gasteiger partial charge in [-0.15, -0.1) is 23.1 Å². The molecule has 16 heteroatoms. The number of β-lactam (4-membered cyclic amide) rings is 1. The third-order valence-corrected chi connectivity index (χ3v) is 7.29. The number of fused-ring (bicyclic) bond motifs is 1. The van der Waals surface area contributed by atoms with Crippen LogP contribution in [-0.4, -0.2) is 74.5 Å². The Morgan fingerprint density at radius 2 is 2.00 bits per heavy atom. The molecule has 3 rings (SSSR count). The number of thiazole rings is 1. The first-order valence-electron chi connectivity index (χ1n) is 11.4. The number of hydrogen-bond acceptors (Lipinski definition) is 14. The largest absolute Gasteiger partial charge is 0.427 e. The molecule has 2 aliphatic heterocycles. The van der Waals surface area contributed by atoms with Gasteiger partial charge in [-0.05, 0) is 33.8 Å². The first kappa shape index (κ1) is 29.6. The van der Waals surface area contributed by atoms with E-state index >= 15 is 0 Å². The van der Waals surface area contributed by atoms with Crippen LogP contribution in [0.15, 0.2) is 33.6 Å². The predicted molar refractivity (Wildman–Crippen MR) is 139 cm³/mol. The standard InChI is InChI=1S/C23H27N5O9S2/c1-6-13(37-10(2)29)11-7-38-19-15(26-17(30)14(27-34)12-8-39-22(24)25-12)18(31)28(19)16(11)20(32)35-9-36-21(33)23(3,4)5/h6,8,15,19,34H,7,9H2,1-5H3,(H2,24,25)(H,26,30)/b13-6+,27-14-/t15-,19-/m1/s1. The summed E-state index contributed by atoms with van der Waals surface area (Å²) in [4.78, 5) is 67.8. The van der Waals surface area contributed by atoms with E-state index in [4.69, 9.17) is 19.9 Å². The molecule has 4 N–H and O–H groups in total. The number of aromatic nitrogens is 1. The minimum Gasteiger partial charge on any atom is -0.427 e. The number of carbonyl (C=O) groups excluding carboxylic acids is 5. The van der Waals surface area contributed by atoms with Crippen molar-refractivity contribution in [2.45, 2.75) is 46.0 Å². The molecule has 2 amide bonds. The van der Waals surface area contributed by atoms with E-state index in [1.807, 2.05) is 0 Å². The van der Waals surface area contributed by atoms with Gasteiger partial charge in [0.2, 0.25) is 6.79 Å². The normalized spacial score (nSPS) is 19.6. The molecule has 0 saturated carbocycles. The summed E-state index contributed by atoms with van der Waals surface area (Å²) in [5, 5.41) is 15.6. The number of nitrogen functional groups attached to an aromatic ring is 1. The van der Waals surface area contributed by atoms with Crippen molar-refractivity contribution < 1.29 is 43.4 Å². The van der Waals surface area contributed by atoms with E-state index in [9.17, 15) is 29.2 Å². The highest BCUT2D eigenvalue weighted by molar-refractivity contribution is 8.00. The maximum atomic E-state index is 13.2. The molecular weight excluding hydrogens is 554 g/mol. The average molecular weight is 582 g/mol. The van der Waals surface area contributed by atoms with E-state index in [0.29, 0.717) is 0 Å². The fourth-order valence-electron chi connectivity index (χ4n) is 3.49. The van der Waals surface area contributed by atoms with Crippen molar-refractivity contribution in [3.05, 3.63) is 34.2 Å². The Bertz CT molecular complexity index is 1290. The van der Waals surface area contributed by atoms with Crippen LogP contribution in [0.5, 0.6) is 0 Å². The summed E-state index contributed by atoms with van der Waals surface area (Å²) in [5.74, 6) is -3.67. The van der Waals surface area contributed by atoms with Crippen LogP contribution >= 0.6 is 23.1 Å². The minimum absolute atomic E-state index is 0.0211. The van der Waals surface area contributed by atoms with E-state index in [-0.39, 0.29) is 33.6 Å². The van der Waals surface area contributed by atoms with Gasteiger partial charge in [-0.3, -0.25) is 24.1 Å². The van der Waals surface area contributed by atoms with Crippen molar-refractivity contribution in [2.75, 3.05) is 18.3 Å². The average Bonchev–Trinajstić information content (AvgIpc) is 3.29. The molecule has 0 radical (unpaired) electrons. The van der Waals surface area contributed by atoms with E-state index < -0.39 is 59.1 Å². The number of allylic oxidation sites excluding steroid dienone is 2. The maximum absolute atomic E-state index is 13.2. The maximum Gasteiger partial charge on any atom is 0.358 e. The number of oxime groups is 1. The lowest BCUT2D eigenvalue weighted by atomic mass is 9.98. The SMILES string of the molecule is C/C=C(/OC(C)=O)C1=C(C(=O)OCOC(=O)C(C)(C)C)N2C(=O)[C@@H](NC(=O)/C(=N\O)c3csc(N)n3)[C@H]2SC1. The molecule has 14 nitrogen and oxygen atoms in total. The number of esters is 3. The molecule has 0 aromatic carbocycles. The molecule has 1 aromatic rings. The fraction of sp³-hybridized carbons (Fsp3) is 0.435. The van der Waals surface area contributed by atoms with Crippen LogP contribution < -0.4 is 11.1 Å². The van der Waals surface area contributed by atoms with Crippen LogP contribution in [0.25, 0.3) is 0 Å². The Morgan fingerprint density at radius 3 is 2.54 bits per heavy atom. The first-order valence-corrected chi connectivity index (χ1v) is 13.3. The summed E-state index contributed by atoms with van der Waals surface area (Å²) in [5.41, 5.74) is 4.29. The lowest BCUT2D eigenvalue weighted by molar-refractivity contribution is -0.173. The summed E-state index contributed by atoms with van der Waals surface area (Å²) in [7, 11) is 0. The number of rotatable bonds is 8. The van der Waals surface area contributed by atoms with Crippen molar-refractivity contribution in [2.24, 2.45) is 10.6 Å². The molecule has 0 bridgehead atoms. The molecule has 0 spiro atoms. The van der Waals surface area contributed by atoms with Crippen molar-refractivity contribution in [1.82, 2.24) is 15.2 Å². The number of amides is 2. The van der Waals surface area contributed by atoms with Gasteiger partial charge in [-0.1, -0.05) is 5.16 Å². The van der Waals surface area contributed by atoms with Crippen molar-refractivity contribution >= 4 is 63.7 Å². The van der Waals surface area contributed by atoms with Crippen molar-refractivity contribution in [3.63, 3.8) is 0 Å².